The Morgan fingerprint density at radius 1 is 1.11 bits per heavy atom. The highest BCUT2D eigenvalue weighted by molar-refractivity contribution is 5.97. The number of nitrogens with one attached hydrogen (secondary N) is 3. The maximum atomic E-state index is 13.1. The van der Waals surface area contributed by atoms with Gasteiger partial charge in [-0.2, -0.15) is 0 Å². The predicted molar refractivity (Wildman–Crippen MR) is 103 cm³/mol. The van der Waals surface area contributed by atoms with Crippen LogP contribution >= 0.6 is 0 Å². The number of carbonyl (C=O) groups excluding carboxylic acids is 2. The van der Waals surface area contributed by atoms with E-state index in [9.17, 15) is 14.0 Å². The van der Waals surface area contributed by atoms with Gasteiger partial charge in [-0.1, -0.05) is 18.7 Å². The zero-order chi connectivity index (χ0) is 19.6. The summed E-state index contributed by atoms with van der Waals surface area (Å²) in [5, 5.41) is 8.10. The largest absolute Gasteiger partial charge is 0.378 e. The van der Waals surface area contributed by atoms with Gasteiger partial charge < -0.3 is 20.9 Å². The Bertz CT molecular complexity index is 863. The lowest BCUT2D eigenvalue weighted by molar-refractivity contribution is -0.119. The molecule has 7 heteroatoms. The monoisotopic (exact) mass is 368 g/mol. The van der Waals surface area contributed by atoms with E-state index in [4.69, 9.17) is 0 Å². The smallest absolute Gasteiger partial charge is 0.319 e. The van der Waals surface area contributed by atoms with Gasteiger partial charge in [0.15, 0.2) is 0 Å². The molecular formula is C20H21FN4O2. The zero-order valence-electron chi connectivity index (χ0n) is 15.1. The SMILES string of the molecule is C=C1NC(=O)N[C@H](c2ccc(N(C)C)cc2)[C@H]1C(=O)Nc1ccc(F)cc1. The van der Waals surface area contributed by atoms with Gasteiger partial charge >= 0.3 is 6.03 Å². The highest BCUT2D eigenvalue weighted by Gasteiger charge is 2.37. The second-order valence-corrected chi connectivity index (χ2v) is 6.56. The molecule has 140 valence electrons. The van der Waals surface area contributed by atoms with Gasteiger partial charge in [-0.3, -0.25) is 4.79 Å². The molecule has 0 unspecified atom stereocenters. The Kier molecular flexibility index (Phi) is 5.12. The minimum Gasteiger partial charge on any atom is -0.378 e. The maximum absolute atomic E-state index is 13.1. The van der Waals surface area contributed by atoms with Crippen LogP contribution in [0, 0.1) is 11.7 Å². The standard InChI is InChI=1S/C20H21FN4O2/c1-12-17(19(26)23-15-8-6-14(21)7-9-15)18(24-20(27)22-12)13-4-10-16(11-5-13)25(2)3/h4-11,17-18H,1H2,2-3H3,(H,23,26)(H2,22,24,27)/t17-,18+/m0/s1. The van der Waals surface area contributed by atoms with Crippen molar-refractivity contribution in [3.05, 3.63) is 72.2 Å². The normalized spacial score (nSPS) is 19.1. The number of anilines is 2. The van der Waals surface area contributed by atoms with E-state index >= 15 is 0 Å². The minimum atomic E-state index is -0.724. The molecule has 3 N–H and O–H groups in total. The third-order valence-electron chi connectivity index (χ3n) is 4.43. The topological polar surface area (TPSA) is 73.5 Å². The summed E-state index contributed by atoms with van der Waals surface area (Å²) >= 11 is 0. The van der Waals surface area contributed by atoms with Crippen molar-refractivity contribution in [1.29, 1.82) is 0 Å². The molecule has 1 saturated heterocycles. The first-order chi connectivity index (χ1) is 12.8. The van der Waals surface area contributed by atoms with Gasteiger partial charge in [-0.25, -0.2) is 9.18 Å². The Morgan fingerprint density at radius 3 is 2.33 bits per heavy atom. The fourth-order valence-corrected chi connectivity index (χ4v) is 3.00. The van der Waals surface area contributed by atoms with Crippen LogP contribution in [0.1, 0.15) is 11.6 Å². The van der Waals surface area contributed by atoms with E-state index in [-0.39, 0.29) is 11.7 Å². The summed E-state index contributed by atoms with van der Waals surface area (Å²) < 4.78 is 13.1. The minimum absolute atomic E-state index is 0.306. The highest BCUT2D eigenvalue weighted by Crippen LogP contribution is 2.31. The number of urea groups is 1. The highest BCUT2D eigenvalue weighted by atomic mass is 19.1. The van der Waals surface area contributed by atoms with Crippen LogP contribution in [-0.4, -0.2) is 26.0 Å². The lowest BCUT2D eigenvalue weighted by Gasteiger charge is -2.34. The van der Waals surface area contributed by atoms with Crippen LogP contribution in [0.4, 0.5) is 20.6 Å². The van der Waals surface area contributed by atoms with Crippen molar-refractivity contribution in [1.82, 2.24) is 10.6 Å². The van der Waals surface area contributed by atoms with Gasteiger partial charge in [-0.15, -0.1) is 0 Å². The first-order valence-corrected chi connectivity index (χ1v) is 8.45. The van der Waals surface area contributed by atoms with Gasteiger partial charge in [0.1, 0.15) is 11.7 Å². The van der Waals surface area contributed by atoms with Gasteiger partial charge in [0.05, 0.1) is 6.04 Å². The number of hydrogen-bond acceptors (Lipinski definition) is 3. The first-order valence-electron chi connectivity index (χ1n) is 8.45. The molecule has 2 aromatic carbocycles. The molecule has 0 saturated carbocycles. The lowest BCUT2D eigenvalue weighted by atomic mass is 9.88. The van der Waals surface area contributed by atoms with Crippen LogP contribution in [0.25, 0.3) is 0 Å². The summed E-state index contributed by atoms with van der Waals surface area (Å²) in [4.78, 5) is 26.8. The molecule has 1 aliphatic heterocycles. The number of halogens is 1. The zero-order valence-corrected chi connectivity index (χ0v) is 15.1. The third-order valence-corrected chi connectivity index (χ3v) is 4.43. The Hall–Kier alpha value is -3.35. The molecule has 0 aliphatic carbocycles. The Balaban J connectivity index is 1.87. The van der Waals surface area contributed by atoms with Crippen LogP contribution in [0.15, 0.2) is 60.8 Å². The van der Waals surface area contributed by atoms with Gasteiger partial charge in [0.25, 0.3) is 0 Å². The van der Waals surface area contributed by atoms with Gasteiger partial charge in [0.2, 0.25) is 5.91 Å². The molecule has 2 atom stereocenters. The molecule has 0 aromatic heterocycles. The quantitative estimate of drug-likeness (QED) is 0.777. The molecule has 1 fully saturated rings. The molecule has 1 aliphatic rings. The summed E-state index contributed by atoms with van der Waals surface area (Å²) in [6.45, 7) is 3.84. The molecule has 6 nitrogen and oxygen atoms in total. The van der Waals surface area contributed by atoms with Gasteiger partial charge in [0, 0.05) is 31.2 Å². The first kappa shape index (κ1) is 18.4. The van der Waals surface area contributed by atoms with Crippen molar-refractivity contribution in [2.45, 2.75) is 6.04 Å². The molecule has 2 aromatic rings. The third kappa shape index (κ3) is 4.08. The summed E-state index contributed by atoms with van der Waals surface area (Å²) in [5.74, 6) is -1.46. The number of benzene rings is 2. The number of hydrogen-bond donors (Lipinski definition) is 3. The van der Waals surface area contributed by atoms with Crippen LogP contribution in [-0.2, 0) is 4.79 Å². The van der Waals surface area contributed by atoms with E-state index in [1.165, 1.54) is 24.3 Å². The fourth-order valence-electron chi connectivity index (χ4n) is 3.00. The van der Waals surface area contributed by atoms with Gasteiger partial charge in [-0.05, 0) is 42.0 Å². The molecular weight excluding hydrogens is 347 g/mol. The van der Waals surface area contributed by atoms with Crippen molar-refractivity contribution in [3.63, 3.8) is 0 Å². The average molecular weight is 368 g/mol. The van der Waals surface area contributed by atoms with Crippen molar-refractivity contribution in [3.8, 4) is 0 Å². The van der Waals surface area contributed by atoms with Crippen LogP contribution in [0.2, 0.25) is 0 Å². The maximum Gasteiger partial charge on any atom is 0.319 e. The number of amides is 3. The van der Waals surface area contributed by atoms with Crippen LogP contribution < -0.4 is 20.9 Å². The van der Waals surface area contributed by atoms with Crippen LogP contribution in [0.3, 0.4) is 0 Å². The summed E-state index contributed by atoms with van der Waals surface area (Å²) in [6, 6.07) is 12.1. The number of nitrogens with zero attached hydrogens (tertiary/aromatic N) is 1. The summed E-state index contributed by atoms with van der Waals surface area (Å²) in [5.41, 5.74) is 2.56. The van der Waals surface area contributed by atoms with Crippen molar-refractivity contribution < 1.29 is 14.0 Å². The molecule has 0 bridgehead atoms. The fraction of sp³-hybridized carbons (Fsp3) is 0.200. The number of rotatable bonds is 4. The van der Waals surface area contributed by atoms with E-state index in [0.29, 0.717) is 11.4 Å². The average Bonchev–Trinajstić information content (AvgIpc) is 2.63. The van der Waals surface area contributed by atoms with E-state index in [1.807, 2.05) is 43.3 Å². The summed E-state index contributed by atoms with van der Waals surface area (Å²) in [6.07, 6.45) is 0. The second-order valence-electron chi connectivity index (χ2n) is 6.56. The molecule has 3 rings (SSSR count). The van der Waals surface area contributed by atoms with E-state index < -0.39 is 18.0 Å². The molecule has 27 heavy (non-hydrogen) atoms. The molecule has 1 heterocycles. The number of carbonyl (C=O) groups is 2. The Morgan fingerprint density at radius 2 is 1.74 bits per heavy atom. The van der Waals surface area contributed by atoms with E-state index in [0.717, 1.165) is 11.3 Å². The van der Waals surface area contributed by atoms with Crippen molar-refractivity contribution in [2.24, 2.45) is 5.92 Å². The second kappa shape index (κ2) is 7.49. The van der Waals surface area contributed by atoms with Crippen molar-refractivity contribution in [2.75, 3.05) is 24.3 Å². The lowest BCUT2D eigenvalue weighted by Crippen LogP contribution is -2.51. The molecule has 3 amide bonds. The van der Waals surface area contributed by atoms with E-state index in [1.54, 1.807) is 0 Å². The van der Waals surface area contributed by atoms with Crippen molar-refractivity contribution >= 4 is 23.3 Å². The Labute approximate surface area is 157 Å². The van der Waals surface area contributed by atoms with E-state index in [2.05, 4.69) is 22.5 Å². The summed E-state index contributed by atoms with van der Waals surface area (Å²) in [7, 11) is 3.87. The predicted octanol–water partition coefficient (Wildman–Crippen LogP) is 3.01. The molecule has 0 spiro atoms. The molecule has 0 radical (unpaired) electrons. The van der Waals surface area contributed by atoms with Crippen LogP contribution in [0.5, 0.6) is 0 Å².